The Morgan fingerprint density at radius 2 is 1.32 bits per heavy atom. The van der Waals surface area contributed by atoms with E-state index in [1.807, 2.05) is 0 Å². The molecule has 12 heteroatoms. The lowest BCUT2D eigenvalue weighted by Crippen LogP contribution is -2.45. The zero-order valence-corrected chi connectivity index (χ0v) is 8.62. The predicted octanol–water partition coefficient (Wildman–Crippen LogP) is 3.24. The van der Waals surface area contributed by atoms with Crippen molar-refractivity contribution in [1.82, 2.24) is 0 Å². The SMILES string of the molecule is O=C(OCC(F)(F)F)OCC(F)(F)[C@H](F)C(F)(F)F. The molecule has 0 aromatic rings. The Labute approximate surface area is 98.8 Å². The zero-order chi connectivity index (χ0) is 15.5. The molecule has 0 rings (SSSR count). The highest BCUT2D eigenvalue weighted by molar-refractivity contribution is 5.59. The summed E-state index contributed by atoms with van der Waals surface area (Å²) in [5.41, 5.74) is 0. The number of hydrogen-bond donors (Lipinski definition) is 0. The lowest BCUT2D eigenvalue weighted by atomic mass is 10.2. The Hall–Kier alpha value is -1.36. The van der Waals surface area contributed by atoms with Gasteiger partial charge in [0.2, 0.25) is 0 Å². The first-order valence-corrected chi connectivity index (χ1v) is 4.20. The molecule has 0 radical (unpaired) electrons. The minimum absolute atomic E-state index is 2.18. The highest BCUT2D eigenvalue weighted by Crippen LogP contribution is 2.35. The van der Waals surface area contributed by atoms with E-state index >= 15 is 0 Å². The molecule has 0 saturated carbocycles. The third-order valence-electron chi connectivity index (χ3n) is 1.39. The summed E-state index contributed by atoms with van der Waals surface area (Å²) >= 11 is 0. The number of ether oxygens (including phenoxy) is 2. The van der Waals surface area contributed by atoms with Crippen LogP contribution in [0.3, 0.4) is 0 Å². The highest BCUT2D eigenvalue weighted by Gasteiger charge is 2.57. The van der Waals surface area contributed by atoms with Gasteiger partial charge in [0.1, 0.15) is 0 Å². The number of hydrogen-bond acceptors (Lipinski definition) is 3. The molecular weight excluding hydrogens is 303 g/mol. The maximum Gasteiger partial charge on any atom is 0.508 e. The third-order valence-corrected chi connectivity index (χ3v) is 1.39. The van der Waals surface area contributed by atoms with Gasteiger partial charge in [0, 0.05) is 0 Å². The summed E-state index contributed by atoms with van der Waals surface area (Å²) in [6.45, 7) is -4.60. The number of halogens is 9. The van der Waals surface area contributed by atoms with Crippen LogP contribution in [0.1, 0.15) is 0 Å². The summed E-state index contributed by atoms with van der Waals surface area (Å²) in [7, 11) is 0. The summed E-state index contributed by atoms with van der Waals surface area (Å²) < 4.78 is 113. The Morgan fingerprint density at radius 1 is 0.895 bits per heavy atom. The van der Waals surface area contributed by atoms with Gasteiger partial charge in [-0.25, -0.2) is 9.18 Å². The third kappa shape index (κ3) is 6.96. The van der Waals surface area contributed by atoms with Crippen molar-refractivity contribution in [2.24, 2.45) is 0 Å². The molecule has 0 aliphatic heterocycles. The van der Waals surface area contributed by atoms with Crippen LogP contribution >= 0.6 is 0 Å². The summed E-state index contributed by atoms with van der Waals surface area (Å²) in [5.74, 6) is -5.14. The van der Waals surface area contributed by atoms with Gasteiger partial charge < -0.3 is 9.47 Å². The Kier molecular flexibility index (Phi) is 5.32. The first-order chi connectivity index (χ1) is 8.26. The molecule has 0 aromatic carbocycles. The summed E-state index contributed by atoms with van der Waals surface area (Å²) in [5, 5.41) is 0. The van der Waals surface area contributed by atoms with E-state index in [1.54, 1.807) is 0 Å². The number of alkyl halides is 9. The maximum absolute atomic E-state index is 12.5. The molecule has 0 saturated heterocycles. The number of carbonyl (C=O) groups is 1. The second-order valence-corrected chi connectivity index (χ2v) is 3.11. The minimum Gasteiger partial charge on any atom is -0.428 e. The Balaban J connectivity index is 4.28. The van der Waals surface area contributed by atoms with Crippen molar-refractivity contribution in [1.29, 1.82) is 0 Å². The van der Waals surface area contributed by atoms with Crippen LogP contribution in [-0.4, -0.2) is 43.8 Å². The highest BCUT2D eigenvalue weighted by atomic mass is 19.4. The first kappa shape index (κ1) is 17.6. The molecule has 0 fully saturated rings. The molecule has 0 amide bonds. The molecule has 0 aliphatic carbocycles. The summed E-state index contributed by atoms with van der Waals surface area (Å²) in [6, 6.07) is 0. The topological polar surface area (TPSA) is 35.5 Å². The van der Waals surface area contributed by atoms with Gasteiger partial charge in [-0.15, -0.1) is 0 Å². The molecule has 0 aromatic heterocycles. The van der Waals surface area contributed by atoms with Crippen LogP contribution in [0.15, 0.2) is 0 Å². The summed E-state index contributed by atoms with van der Waals surface area (Å²) in [4.78, 5) is 10.3. The van der Waals surface area contributed by atoms with Crippen LogP contribution in [0.4, 0.5) is 44.3 Å². The van der Waals surface area contributed by atoms with Crippen LogP contribution in [0.25, 0.3) is 0 Å². The molecule has 0 bridgehead atoms. The van der Waals surface area contributed by atoms with Crippen LogP contribution in [0.2, 0.25) is 0 Å². The fourth-order valence-electron chi connectivity index (χ4n) is 0.650. The quantitative estimate of drug-likeness (QED) is 0.591. The van der Waals surface area contributed by atoms with Crippen molar-refractivity contribution in [3.8, 4) is 0 Å². The number of carbonyl (C=O) groups excluding carboxylic acids is 1. The predicted molar refractivity (Wildman–Crippen MR) is 39.3 cm³/mol. The van der Waals surface area contributed by atoms with Gasteiger partial charge in [-0.1, -0.05) is 0 Å². The smallest absolute Gasteiger partial charge is 0.428 e. The van der Waals surface area contributed by atoms with E-state index in [1.165, 1.54) is 0 Å². The molecule has 1 atom stereocenters. The monoisotopic (exact) mass is 308 g/mol. The fourth-order valence-corrected chi connectivity index (χ4v) is 0.650. The van der Waals surface area contributed by atoms with Gasteiger partial charge in [-0.3, -0.25) is 0 Å². The zero-order valence-electron chi connectivity index (χ0n) is 8.62. The Bertz CT molecular complexity index is 308. The molecule has 0 aliphatic rings. The van der Waals surface area contributed by atoms with E-state index in [0.29, 0.717) is 0 Å². The summed E-state index contributed by atoms with van der Waals surface area (Å²) in [6.07, 6.45) is -17.8. The molecule has 19 heavy (non-hydrogen) atoms. The molecule has 114 valence electrons. The normalized spacial score (nSPS) is 15.0. The minimum atomic E-state index is -5.91. The van der Waals surface area contributed by atoms with Crippen molar-refractivity contribution in [2.45, 2.75) is 24.4 Å². The maximum atomic E-state index is 12.5. The van der Waals surface area contributed by atoms with E-state index < -0.39 is 43.8 Å². The fraction of sp³-hybridized carbons (Fsp3) is 0.857. The van der Waals surface area contributed by atoms with Crippen molar-refractivity contribution < 1.29 is 53.8 Å². The van der Waals surface area contributed by atoms with E-state index in [2.05, 4.69) is 9.47 Å². The molecule has 0 heterocycles. The van der Waals surface area contributed by atoms with Crippen molar-refractivity contribution in [3.63, 3.8) is 0 Å². The first-order valence-electron chi connectivity index (χ1n) is 4.20. The van der Waals surface area contributed by atoms with Crippen molar-refractivity contribution in [3.05, 3.63) is 0 Å². The van der Waals surface area contributed by atoms with Gasteiger partial charge in [0.25, 0.3) is 6.17 Å². The molecule has 0 N–H and O–H groups in total. The molecule has 0 spiro atoms. The van der Waals surface area contributed by atoms with Crippen LogP contribution < -0.4 is 0 Å². The van der Waals surface area contributed by atoms with Crippen LogP contribution in [-0.2, 0) is 9.47 Å². The standard InChI is InChI=1S/C7H5F9O3/c8-3(7(14,15)16)5(9,10)1-18-4(17)19-2-6(11,12)13/h3H,1-2H2/t3-/m0/s1. The van der Waals surface area contributed by atoms with Gasteiger partial charge >= 0.3 is 24.4 Å². The van der Waals surface area contributed by atoms with E-state index in [4.69, 9.17) is 0 Å². The van der Waals surface area contributed by atoms with E-state index in [-0.39, 0.29) is 0 Å². The van der Waals surface area contributed by atoms with Crippen LogP contribution in [0.5, 0.6) is 0 Å². The lowest BCUT2D eigenvalue weighted by molar-refractivity contribution is -0.253. The largest absolute Gasteiger partial charge is 0.508 e. The Morgan fingerprint density at radius 3 is 1.68 bits per heavy atom. The van der Waals surface area contributed by atoms with E-state index in [9.17, 15) is 44.3 Å². The lowest BCUT2D eigenvalue weighted by Gasteiger charge is -2.22. The second-order valence-electron chi connectivity index (χ2n) is 3.11. The van der Waals surface area contributed by atoms with Gasteiger partial charge in [-0.2, -0.15) is 35.1 Å². The number of rotatable bonds is 4. The molecule has 0 unspecified atom stereocenters. The van der Waals surface area contributed by atoms with Crippen LogP contribution in [0, 0.1) is 0 Å². The second kappa shape index (κ2) is 5.74. The molecule has 3 nitrogen and oxygen atoms in total. The molecular formula is C7H5F9O3. The average Bonchev–Trinajstić information content (AvgIpc) is 2.20. The van der Waals surface area contributed by atoms with E-state index in [0.717, 1.165) is 0 Å². The van der Waals surface area contributed by atoms with Gasteiger partial charge in [0.05, 0.1) is 0 Å². The average molecular weight is 308 g/mol. The van der Waals surface area contributed by atoms with Gasteiger partial charge in [0.15, 0.2) is 13.2 Å². The van der Waals surface area contributed by atoms with Gasteiger partial charge in [-0.05, 0) is 0 Å². The van der Waals surface area contributed by atoms with Crippen molar-refractivity contribution >= 4 is 6.16 Å². The van der Waals surface area contributed by atoms with Crippen molar-refractivity contribution in [2.75, 3.05) is 13.2 Å².